The minimum absolute atomic E-state index is 0.145. The van der Waals surface area contributed by atoms with Gasteiger partial charge in [-0.3, -0.25) is 4.79 Å². The molecule has 1 aromatic carbocycles. The van der Waals surface area contributed by atoms with Crippen LogP contribution in [0.3, 0.4) is 0 Å². The molecule has 24 heavy (non-hydrogen) atoms. The summed E-state index contributed by atoms with van der Waals surface area (Å²) < 4.78 is 0. The lowest BCUT2D eigenvalue weighted by Crippen LogP contribution is -2.19. The number of hydrogen-bond acceptors (Lipinski definition) is 5. The standard InChI is InChI=1S/C16H14N4O2S2/c17-16(22)20-11-5-3-10(4-6-11)18-14(21)8-12-9-24-15(19-12)13-2-1-7-23-13/h1-7,9H,8H2,(H,18,21)(H3,17,20,22). The first-order valence-corrected chi connectivity index (χ1v) is 8.81. The average molecular weight is 358 g/mol. The summed E-state index contributed by atoms with van der Waals surface area (Å²) in [6.45, 7) is 0. The first-order chi connectivity index (χ1) is 11.6. The molecule has 0 unspecified atom stereocenters. The van der Waals surface area contributed by atoms with Crippen LogP contribution in [-0.2, 0) is 11.2 Å². The number of thiazole rings is 1. The third-order valence-corrected chi connectivity index (χ3v) is 4.99. The third kappa shape index (κ3) is 4.18. The van der Waals surface area contributed by atoms with Gasteiger partial charge in [0.25, 0.3) is 0 Å². The molecule has 0 saturated heterocycles. The van der Waals surface area contributed by atoms with Crippen molar-refractivity contribution in [2.75, 3.05) is 10.6 Å². The number of nitrogens with zero attached hydrogens (tertiary/aromatic N) is 1. The van der Waals surface area contributed by atoms with E-state index in [0.29, 0.717) is 11.4 Å². The number of urea groups is 1. The van der Waals surface area contributed by atoms with Crippen molar-refractivity contribution in [1.82, 2.24) is 4.98 Å². The summed E-state index contributed by atoms with van der Waals surface area (Å²) in [6, 6.07) is 10.1. The molecule has 0 aliphatic heterocycles. The number of primary amides is 1. The van der Waals surface area contributed by atoms with Gasteiger partial charge >= 0.3 is 6.03 Å². The van der Waals surface area contributed by atoms with Crippen LogP contribution in [0.15, 0.2) is 47.2 Å². The highest BCUT2D eigenvalue weighted by atomic mass is 32.1. The van der Waals surface area contributed by atoms with Gasteiger partial charge in [-0.1, -0.05) is 6.07 Å². The zero-order valence-corrected chi connectivity index (χ0v) is 14.1. The van der Waals surface area contributed by atoms with Gasteiger partial charge < -0.3 is 16.4 Å². The highest BCUT2D eigenvalue weighted by Gasteiger charge is 2.10. The summed E-state index contributed by atoms with van der Waals surface area (Å²) in [7, 11) is 0. The zero-order chi connectivity index (χ0) is 16.9. The number of anilines is 2. The molecule has 3 rings (SSSR count). The smallest absolute Gasteiger partial charge is 0.316 e. The summed E-state index contributed by atoms with van der Waals surface area (Å²) in [6.07, 6.45) is 0.211. The van der Waals surface area contributed by atoms with Crippen LogP contribution in [0.1, 0.15) is 5.69 Å². The summed E-state index contributed by atoms with van der Waals surface area (Å²) in [5.74, 6) is -0.145. The lowest BCUT2D eigenvalue weighted by atomic mass is 10.2. The molecular weight excluding hydrogens is 344 g/mol. The van der Waals surface area contributed by atoms with Crippen LogP contribution in [-0.4, -0.2) is 16.9 Å². The van der Waals surface area contributed by atoms with Gasteiger partial charge in [0, 0.05) is 16.8 Å². The number of benzene rings is 1. The Bertz CT molecular complexity index is 841. The minimum atomic E-state index is -0.628. The van der Waals surface area contributed by atoms with Gasteiger partial charge in [-0.2, -0.15) is 0 Å². The van der Waals surface area contributed by atoms with Gasteiger partial charge in [-0.15, -0.1) is 22.7 Å². The highest BCUT2D eigenvalue weighted by molar-refractivity contribution is 7.20. The largest absolute Gasteiger partial charge is 0.351 e. The molecule has 0 saturated carbocycles. The number of carbonyl (C=O) groups is 2. The zero-order valence-electron chi connectivity index (χ0n) is 12.5. The lowest BCUT2D eigenvalue weighted by molar-refractivity contribution is -0.115. The van der Waals surface area contributed by atoms with E-state index >= 15 is 0 Å². The Morgan fingerprint density at radius 1 is 1.04 bits per heavy atom. The maximum atomic E-state index is 12.1. The Hall–Kier alpha value is -2.71. The van der Waals surface area contributed by atoms with Crippen molar-refractivity contribution >= 4 is 46.0 Å². The molecule has 8 heteroatoms. The molecule has 122 valence electrons. The quantitative estimate of drug-likeness (QED) is 0.651. The average Bonchev–Trinajstić information content (AvgIpc) is 3.19. The van der Waals surface area contributed by atoms with E-state index in [1.54, 1.807) is 35.6 Å². The number of thiophene rings is 1. The molecule has 0 aliphatic carbocycles. The monoisotopic (exact) mass is 358 g/mol. The molecule has 0 spiro atoms. The molecule has 6 nitrogen and oxygen atoms in total. The Kier molecular flexibility index (Phi) is 4.88. The van der Waals surface area contributed by atoms with Crippen LogP contribution >= 0.6 is 22.7 Å². The van der Waals surface area contributed by atoms with E-state index in [1.165, 1.54) is 11.3 Å². The topological polar surface area (TPSA) is 97.1 Å². The van der Waals surface area contributed by atoms with Crippen molar-refractivity contribution in [2.45, 2.75) is 6.42 Å². The summed E-state index contributed by atoms with van der Waals surface area (Å²) in [4.78, 5) is 28.5. The SMILES string of the molecule is NC(=O)Nc1ccc(NC(=O)Cc2csc(-c3cccs3)n2)cc1. The molecule has 3 aromatic rings. The fourth-order valence-corrected chi connectivity index (χ4v) is 3.68. The van der Waals surface area contributed by atoms with Crippen molar-refractivity contribution in [3.63, 3.8) is 0 Å². The van der Waals surface area contributed by atoms with Crippen LogP contribution in [0.2, 0.25) is 0 Å². The first kappa shape index (κ1) is 16.2. The molecule has 0 fully saturated rings. The van der Waals surface area contributed by atoms with Gasteiger partial charge in [0.2, 0.25) is 5.91 Å². The van der Waals surface area contributed by atoms with Crippen molar-refractivity contribution in [2.24, 2.45) is 5.73 Å². The molecule has 3 amide bonds. The second kappa shape index (κ2) is 7.24. The van der Waals surface area contributed by atoms with Gasteiger partial charge in [-0.25, -0.2) is 9.78 Å². The number of hydrogen-bond donors (Lipinski definition) is 3. The number of amides is 3. The van der Waals surface area contributed by atoms with Gasteiger partial charge in [0.15, 0.2) is 0 Å². The van der Waals surface area contributed by atoms with Gasteiger partial charge in [-0.05, 0) is 35.7 Å². The highest BCUT2D eigenvalue weighted by Crippen LogP contribution is 2.28. The lowest BCUT2D eigenvalue weighted by Gasteiger charge is -2.06. The predicted molar refractivity (Wildman–Crippen MR) is 97.4 cm³/mol. The Morgan fingerprint density at radius 2 is 1.75 bits per heavy atom. The van der Waals surface area contributed by atoms with Crippen LogP contribution in [0.4, 0.5) is 16.2 Å². The van der Waals surface area contributed by atoms with Crippen LogP contribution < -0.4 is 16.4 Å². The number of carbonyl (C=O) groups excluding carboxylic acids is 2. The molecular formula is C16H14N4O2S2. The third-order valence-electron chi connectivity index (χ3n) is 3.06. The van der Waals surface area contributed by atoms with Crippen LogP contribution in [0.25, 0.3) is 9.88 Å². The maximum Gasteiger partial charge on any atom is 0.316 e. The molecule has 2 heterocycles. The van der Waals surface area contributed by atoms with Crippen LogP contribution in [0, 0.1) is 0 Å². The predicted octanol–water partition coefficient (Wildman–Crippen LogP) is 3.54. The van der Waals surface area contributed by atoms with Crippen molar-refractivity contribution < 1.29 is 9.59 Å². The summed E-state index contributed by atoms with van der Waals surface area (Å²) in [5, 5.41) is 10.1. The number of rotatable bonds is 5. The molecule has 2 aromatic heterocycles. The Morgan fingerprint density at radius 3 is 2.38 bits per heavy atom. The summed E-state index contributed by atoms with van der Waals surface area (Å²) >= 11 is 3.16. The number of nitrogens with two attached hydrogens (primary N) is 1. The van der Waals surface area contributed by atoms with Crippen LogP contribution in [0.5, 0.6) is 0 Å². The molecule has 0 aliphatic rings. The minimum Gasteiger partial charge on any atom is -0.351 e. The fourth-order valence-electron chi connectivity index (χ4n) is 2.05. The van der Waals surface area contributed by atoms with Crippen molar-refractivity contribution in [3.05, 3.63) is 52.9 Å². The van der Waals surface area contributed by atoms with E-state index in [-0.39, 0.29) is 12.3 Å². The van der Waals surface area contributed by atoms with E-state index in [0.717, 1.165) is 15.6 Å². The Balaban J connectivity index is 1.58. The normalized spacial score (nSPS) is 10.3. The molecule has 0 atom stereocenters. The molecule has 4 N–H and O–H groups in total. The first-order valence-electron chi connectivity index (χ1n) is 7.05. The number of aromatic nitrogens is 1. The van der Waals surface area contributed by atoms with E-state index in [1.807, 2.05) is 22.9 Å². The van der Waals surface area contributed by atoms with E-state index in [9.17, 15) is 9.59 Å². The second-order valence-electron chi connectivity index (χ2n) is 4.91. The van der Waals surface area contributed by atoms with Gasteiger partial charge in [0.1, 0.15) is 5.01 Å². The fraction of sp³-hybridized carbons (Fsp3) is 0.0625. The molecule has 0 bridgehead atoms. The molecule has 0 radical (unpaired) electrons. The Labute approximate surface area is 146 Å². The number of nitrogens with one attached hydrogen (secondary N) is 2. The van der Waals surface area contributed by atoms with E-state index < -0.39 is 6.03 Å². The van der Waals surface area contributed by atoms with E-state index in [4.69, 9.17) is 5.73 Å². The maximum absolute atomic E-state index is 12.1. The second-order valence-corrected chi connectivity index (χ2v) is 6.72. The van der Waals surface area contributed by atoms with E-state index in [2.05, 4.69) is 15.6 Å². The van der Waals surface area contributed by atoms with Crippen molar-refractivity contribution in [3.8, 4) is 9.88 Å². The summed E-state index contributed by atoms with van der Waals surface area (Å²) in [5.41, 5.74) is 7.00. The van der Waals surface area contributed by atoms with Crippen molar-refractivity contribution in [1.29, 1.82) is 0 Å². The van der Waals surface area contributed by atoms with Gasteiger partial charge in [0.05, 0.1) is 17.0 Å².